The van der Waals surface area contributed by atoms with Crippen LogP contribution in [0.4, 0.5) is 9.18 Å². The van der Waals surface area contributed by atoms with Crippen LogP contribution in [0, 0.1) is 5.82 Å². The van der Waals surface area contributed by atoms with Crippen LogP contribution in [0.1, 0.15) is 56.0 Å². The van der Waals surface area contributed by atoms with E-state index in [4.69, 9.17) is 4.74 Å². The zero-order valence-corrected chi connectivity index (χ0v) is 13.8. The summed E-state index contributed by atoms with van der Waals surface area (Å²) in [4.78, 5) is 26.1. The third-order valence-electron chi connectivity index (χ3n) is 4.69. The summed E-state index contributed by atoms with van der Waals surface area (Å²) in [6.07, 6.45) is 1.49. The molecule has 0 saturated carbocycles. The van der Waals surface area contributed by atoms with Crippen LogP contribution in [0.2, 0.25) is 0 Å². The van der Waals surface area contributed by atoms with Gasteiger partial charge in [-0.1, -0.05) is 0 Å². The standard InChI is InChI=1S/C18H22FNO3/c1-17(2,3)23-16(22)20-9-8-18(11-20)7-6-15(21)13-5-4-12(19)10-14(13)18/h4-5,10H,6-9,11H2,1-3H3. The topological polar surface area (TPSA) is 46.6 Å². The molecule has 1 fully saturated rings. The van der Waals surface area contributed by atoms with Crippen LogP contribution in [0.5, 0.6) is 0 Å². The van der Waals surface area contributed by atoms with Gasteiger partial charge in [-0.25, -0.2) is 9.18 Å². The summed E-state index contributed by atoms with van der Waals surface area (Å²) in [5.41, 5.74) is 0.477. The van der Waals surface area contributed by atoms with Crippen molar-refractivity contribution in [3.63, 3.8) is 0 Å². The summed E-state index contributed by atoms with van der Waals surface area (Å²) in [5, 5.41) is 0. The molecule has 4 nitrogen and oxygen atoms in total. The number of Topliss-reactive ketones (excluding diaryl/α,β-unsaturated/α-hetero) is 1. The van der Waals surface area contributed by atoms with Gasteiger partial charge in [0.05, 0.1) is 0 Å². The number of likely N-dealkylation sites (tertiary alicyclic amines) is 1. The molecule has 0 N–H and O–H groups in total. The molecule has 1 saturated heterocycles. The molecule has 2 aliphatic rings. The van der Waals surface area contributed by atoms with Crippen molar-refractivity contribution in [2.45, 2.75) is 51.0 Å². The van der Waals surface area contributed by atoms with E-state index in [0.717, 1.165) is 12.0 Å². The minimum Gasteiger partial charge on any atom is -0.444 e. The summed E-state index contributed by atoms with van der Waals surface area (Å²) in [6, 6.07) is 4.37. The van der Waals surface area contributed by atoms with Gasteiger partial charge < -0.3 is 9.64 Å². The molecule has 1 heterocycles. The quantitative estimate of drug-likeness (QED) is 0.733. The molecule has 1 amide bonds. The van der Waals surface area contributed by atoms with E-state index in [1.807, 2.05) is 20.8 Å². The highest BCUT2D eigenvalue weighted by Crippen LogP contribution is 2.44. The Labute approximate surface area is 135 Å². The molecule has 124 valence electrons. The van der Waals surface area contributed by atoms with Crippen molar-refractivity contribution in [1.29, 1.82) is 0 Å². The lowest BCUT2D eigenvalue weighted by Crippen LogP contribution is -2.40. The highest BCUT2D eigenvalue weighted by molar-refractivity contribution is 5.99. The zero-order chi connectivity index (χ0) is 16.8. The fourth-order valence-electron chi connectivity index (χ4n) is 3.60. The average Bonchev–Trinajstić information content (AvgIpc) is 2.87. The predicted octanol–water partition coefficient (Wildman–Crippen LogP) is 3.68. The zero-order valence-electron chi connectivity index (χ0n) is 13.8. The first-order valence-electron chi connectivity index (χ1n) is 8.01. The predicted molar refractivity (Wildman–Crippen MR) is 84.1 cm³/mol. The van der Waals surface area contributed by atoms with Crippen LogP contribution in [-0.4, -0.2) is 35.5 Å². The van der Waals surface area contributed by atoms with Crippen molar-refractivity contribution in [3.05, 3.63) is 35.1 Å². The van der Waals surface area contributed by atoms with Crippen LogP contribution in [0.25, 0.3) is 0 Å². The van der Waals surface area contributed by atoms with Crippen LogP contribution in [-0.2, 0) is 10.2 Å². The van der Waals surface area contributed by atoms with Crippen LogP contribution < -0.4 is 0 Å². The van der Waals surface area contributed by atoms with Crippen molar-refractivity contribution in [1.82, 2.24) is 4.90 Å². The number of hydrogen-bond acceptors (Lipinski definition) is 3. The minimum atomic E-state index is -0.542. The molecular weight excluding hydrogens is 297 g/mol. The van der Waals surface area contributed by atoms with Crippen LogP contribution in [0.3, 0.4) is 0 Å². The van der Waals surface area contributed by atoms with E-state index < -0.39 is 5.60 Å². The largest absolute Gasteiger partial charge is 0.444 e. The van der Waals surface area contributed by atoms with Crippen molar-refractivity contribution in [2.24, 2.45) is 0 Å². The van der Waals surface area contributed by atoms with Crippen LogP contribution >= 0.6 is 0 Å². The van der Waals surface area contributed by atoms with E-state index in [2.05, 4.69) is 0 Å². The molecule has 1 spiro atoms. The second-order valence-electron chi connectivity index (χ2n) is 7.55. The number of fused-ring (bicyclic) bond motifs is 2. The van der Waals surface area contributed by atoms with Gasteiger partial charge in [0.15, 0.2) is 5.78 Å². The Balaban J connectivity index is 1.88. The van der Waals surface area contributed by atoms with Gasteiger partial charge in [-0.2, -0.15) is 0 Å². The van der Waals surface area contributed by atoms with Gasteiger partial charge in [0.25, 0.3) is 0 Å². The maximum atomic E-state index is 13.7. The summed E-state index contributed by atoms with van der Waals surface area (Å²) in [7, 11) is 0. The van der Waals surface area contributed by atoms with Crippen molar-refractivity contribution in [2.75, 3.05) is 13.1 Å². The Hall–Kier alpha value is -1.91. The van der Waals surface area contributed by atoms with E-state index in [1.165, 1.54) is 12.1 Å². The van der Waals surface area contributed by atoms with E-state index >= 15 is 0 Å². The molecule has 3 rings (SSSR count). The molecule has 23 heavy (non-hydrogen) atoms. The Morgan fingerprint density at radius 1 is 1.30 bits per heavy atom. The number of carbonyl (C=O) groups excluding carboxylic acids is 2. The number of halogens is 1. The summed E-state index contributed by atoms with van der Waals surface area (Å²) in [6.45, 7) is 6.55. The molecule has 1 aliphatic carbocycles. The number of ketones is 1. The summed E-state index contributed by atoms with van der Waals surface area (Å²) >= 11 is 0. The number of benzene rings is 1. The fourth-order valence-corrected chi connectivity index (χ4v) is 3.60. The van der Waals surface area contributed by atoms with E-state index in [9.17, 15) is 14.0 Å². The molecule has 0 aromatic heterocycles. The van der Waals surface area contributed by atoms with Gasteiger partial charge in [0.1, 0.15) is 11.4 Å². The first-order valence-corrected chi connectivity index (χ1v) is 8.01. The van der Waals surface area contributed by atoms with Gasteiger partial charge in [-0.05, 0) is 57.4 Å². The summed E-state index contributed by atoms with van der Waals surface area (Å²) in [5.74, 6) is -0.283. The lowest BCUT2D eigenvalue weighted by atomic mass is 9.69. The van der Waals surface area contributed by atoms with Gasteiger partial charge in [-0.3, -0.25) is 4.79 Å². The highest BCUT2D eigenvalue weighted by Gasteiger charge is 2.46. The third-order valence-corrected chi connectivity index (χ3v) is 4.69. The van der Waals surface area contributed by atoms with Crippen LogP contribution in [0.15, 0.2) is 18.2 Å². The number of hydrogen-bond donors (Lipinski definition) is 0. The number of ether oxygens (including phenoxy) is 1. The molecule has 1 aliphatic heterocycles. The molecule has 0 radical (unpaired) electrons. The Kier molecular flexibility index (Phi) is 3.69. The van der Waals surface area contributed by atoms with Crippen molar-refractivity contribution < 1.29 is 18.7 Å². The Morgan fingerprint density at radius 2 is 2.04 bits per heavy atom. The van der Waals surface area contributed by atoms with E-state index in [-0.39, 0.29) is 23.1 Å². The van der Waals surface area contributed by atoms with Gasteiger partial charge in [0, 0.05) is 30.5 Å². The normalized spacial score (nSPS) is 24.0. The maximum Gasteiger partial charge on any atom is 0.410 e. The van der Waals surface area contributed by atoms with Gasteiger partial charge in [-0.15, -0.1) is 0 Å². The Bertz CT molecular complexity index is 665. The van der Waals surface area contributed by atoms with Crippen molar-refractivity contribution in [3.8, 4) is 0 Å². The molecule has 5 heteroatoms. The minimum absolute atomic E-state index is 0.0568. The first-order chi connectivity index (χ1) is 10.7. The van der Waals surface area contributed by atoms with E-state index in [1.54, 1.807) is 11.0 Å². The molecular formula is C18H22FNO3. The Morgan fingerprint density at radius 3 is 2.74 bits per heavy atom. The third kappa shape index (κ3) is 2.96. The summed E-state index contributed by atoms with van der Waals surface area (Å²) < 4.78 is 19.2. The second kappa shape index (κ2) is 5.32. The fraction of sp³-hybridized carbons (Fsp3) is 0.556. The molecule has 1 aromatic carbocycles. The monoisotopic (exact) mass is 319 g/mol. The maximum absolute atomic E-state index is 13.7. The van der Waals surface area contributed by atoms with E-state index in [0.29, 0.717) is 31.5 Å². The van der Waals surface area contributed by atoms with Gasteiger partial charge >= 0.3 is 6.09 Å². The lowest BCUT2D eigenvalue weighted by Gasteiger charge is -2.35. The highest BCUT2D eigenvalue weighted by atomic mass is 19.1. The number of amides is 1. The number of rotatable bonds is 0. The van der Waals surface area contributed by atoms with Crippen molar-refractivity contribution >= 4 is 11.9 Å². The molecule has 0 bridgehead atoms. The second-order valence-corrected chi connectivity index (χ2v) is 7.55. The van der Waals surface area contributed by atoms with Gasteiger partial charge in [0.2, 0.25) is 0 Å². The average molecular weight is 319 g/mol. The molecule has 1 atom stereocenters. The smallest absolute Gasteiger partial charge is 0.410 e. The SMILES string of the molecule is CC(C)(C)OC(=O)N1CCC2(CCC(=O)c3ccc(F)cc32)C1. The molecule has 1 unspecified atom stereocenters. The molecule has 1 aromatic rings. The lowest BCUT2D eigenvalue weighted by molar-refractivity contribution is 0.0282. The first kappa shape index (κ1) is 16.0. The number of nitrogens with zero attached hydrogens (tertiary/aromatic N) is 1. The number of carbonyl (C=O) groups is 2.